The Morgan fingerprint density at radius 2 is 2.30 bits per heavy atom. The van der Waals surface area contributed by atoms with E-state index >= 15 is 0 Å². The third-order valence-electron chi connectivity index (χ3n) is 2.13. The Balaban J connectivity index is 2.27. The maximum Gasteiger partial charge on any atom is 0.0339 e. The molecule has 0 radical (unpaired) electrons. The normalized spacial score (nSPS) is 33.2. The molecule has 10 heavy (non-hydrogen) atoms. The molecule has 1 saturated carbocycles. The molecule has 0 aliphatic heterocycles. The number of halogens is 1. The van der Waals surface area contributed by atoms with E-state index in [1.807, 2.05) is 0 Å². The van der Waals surface area contributed by atoms with Crippen LogP contribution in [0.5, 0.6) is 0 Å². The summed E-state index contributed by atoms with van der Waals surface area (Å²) in [5, 5.41) is 0.395. The zero-order valence-electron chi connectivity index (χ0n) is 6.15. The summed E-state index contributed by atoms with van der Waals surface area (Å²) in [6, 6.07) is 0. The average molecular weight is 157 g/mol. The average Bonchev–Trinajstić information content (AvgIpc) is 1.88. The predicted octanol–water partition coefficient (Wildman–Crippen LogP) is 2.81. The van der Waals surface area contributed by atoms with E-state index in [1.54, 1.807) is 0 Å². The summed E-state index contributed by atoms with van der Waals surface area (Å²) in [6.45, 7) is 0. The van der Waals surface area contributed by atoms with Crippen molar-refractivity contribution in [2.75, 3.05) is 0 Å². The maximum absolute atomic E-state index is 5.98. The molecule has 1 fully saturated rings. The SMILES string of the molecule is C#CCC1CCCC(Cl)C1. The Morgan fingerprint density at radius 1 is 1.50 bits per heavy atom. The molecule has 2 unspecified atom stereocenters. The molecule has 56 valence electrons. The molecule has 1 heteroatoms. The lowest BCUT2D eigenvalue weighted by molar-refractivity contribution is 0.370. The van der Waals surface area contributed by atoms with Crippen molar-refractivity contribution < 1.29 is 0 Å². The first kappa shape index (κ1) is 7.95. The first-order chi connectivity index (χ1) is 4.83. The van der Waals surface area contributed by atoms with Crippen LogP contribution < -0.4 is 0 Å². The van der Waals surface area contributed by atoms with Crippen molar-refractivity contribution in [3.05, 3.63) is 0 Å². The van der Waals surface area contributed by atoms with Crippen LogP contribution in [0.3, 0.4) is 0 Å². The quantitative estimate of drug-likeness (QED) is 0.405. The molecule has 0 amide bonds. The third kappa shape index (κ3) is 2.23. The van der Waals surface area contributed by atoms with Crippen molar-refractivity contribution in [3.63, 3.8) is 0 Å². The van der Waals surface area contributed by atoms with Gasteiger partial charge in [-0.25, -0.2) is 0 Å². The molecule has 1 aliphatic carbocycles. The molecule has 0 bridgehead atoms. The van der Waals surface area contributed by atoms with Gasteiger partial charge in [-0.1, -0.05) is 6.42 Å². The van der Waals surface area contributed by atoms with E-state index in [4.69, 9.17) is 18.0 Å². The Hall–Kier alpha value is -0.150. The molecule has 0 saturated heterocycles. The van der Waals surface area contributed by atoms with Gasteiger partial charge in [-0.05, 0) is 25.2 Å². The van der Waals surface area contributed by atoms with Crippen molar-refractivity contribution in [3.8, 4) is 12.3 Å². The van der Waals surface area contributed by atoms with Gasteiger partial charge in [0.25, 0.3) is 0 Å². The maximum atomic E-state index is 5.98. The second-order valence-corrected chi connectivity index (χ2v) is 3.66. The molecule has 0 heterocycles. The minimum atomic E-state index is 0.395. The second kappa shape index (κ2) is 3.88. The van der Waals surface area contributed by atoms with Gasteiger partial charge in [0.05, 0.1) is 0 Å². The van der Waals surface area contributed by atoms with Crippen molar-refractivity contribution in [2.24, 2.45) is 5.92 Å². The highest BCUT2D eigenvalue weighted by Gasteiger charge is 2.18. The van der Waals surface area contributed by atoms with E-state index in [0.717, 1.165) is 12.8 Å². The van der Waals surface area contributed by atoms with Gasteiger partial charge in [0.1, 0.15) is 0 Å². The fourth-order valence-electron chi connectivity index (χ4n) is 1.58. The van der Waals surface area contributed by atoms with E-state index in [1.165, 1.54) is 19.3 Å². The number of hydrogen-bond acceptors (Lipinski definition) is 0. The molecule has 0 aromatic heterocycles. The van der Waals surface area contributed by atoms with Crippen molar-refractivity contribution >= 4 is 11.6 Å². The number of alkyl halides is 1. The highest BCUT2D eigenvalue weighted by atomic mass is 35.5. The minimum absolute atomic E-state index is 0.395. The highest BCUT2D eigenvalue weighted by molar-refractivity contribution is 6.20. The lowest BCUT2D eigenvalue weighted by atomic mass is 9.87. The van der Waals surface area contributed by atoms with E-state index in [9.17, 15) is 0 Å². The fraction of sp³-hybridized carbons (Fsp3) is 0.778. The molecule has 0 aromatic rings. The van der Waals surface area contributed by atoms with Crippen LogP contribution in [0.25, 0.3) is 0 Å². The summed E-state index contributed by atoms with van der Waals surface area (Å²) in [5.41, 5.74) is 0. The first-order valence-corrected chi connectivity index (χ1v) is 4.34. The molecular weight excluding hydrogens is 144 g/mol. The summed E-state index contributed by atoms with van der Waals surface area (Å²) in [4.78, 5) is 0. The van der Waals surface area contributed by atoms with E-state index < -0.39 is 0 Å². The van der Waals surface area contributed by atoms with Crippen LogP contribution in [0.4, 0.5) is 0 Å². The van der Waals surface area contributed by atoms with Gasteiger partial charge in [0, 0.05) is 11.8 Å². The van der Waals surface area contributed by atoms with E-state index in [-0.39, 0.29) is 0 Å². The molecular formula is C9H13Cl. The monoisotopic (exact) mass is 156 g/mol. The summed E-state index contributed by atoms with van der Waals surface area (Å²) < 4.78 is 0. The Bertz CT molecular complexity index is 134. The van der Waals surface area contributed by atoms with Gasteiger partial charge in [-0.3, -0.25) is 0 Å². The lowest BCUT2D eigenvalue weighted by Crippen LogP contribution is -2.14. The molecule has 1 rings (SSSR count). The number of rotatable bonds is 1. The van der Waals surface area contributed by atoms with Crippen LogP contribution in [0.2, 0.25) is 0 Å². The van der Waals surface area contributed by atoms with Gasteiger partial charge in [0.2, 0.25) is 0 Å². The van der Waals surface area contributed by atoms with Gasteiger partial charge in [-0.15, -0.1) is 23.9 Å². The smallest absolute Gasteiger partial charge is 0.0339 e. The van der Waals surface area contributed by atoms with Crippen molar-refractivity contribution in [2.45, 2.75) is 37.5 Å². The number of hydrogen-bond donors (Lipinski definition) is 0. The predicted molar refractivity (Wildman–Crippen MR) is 45.0 cm³/mol. The molecule has 0 spiro atoms. The Kier molecular flexibility index (Phi) is 3.09. The molecule has 0 nitrogen and oxygen atoms in total. The van der Waals surface area contributed by atoms with Gasteiger partial charge in [-0.2, -0.15) is 0 Å². The third-order valence-corrected chi connectivity index (χ3v) is 2.52. The van der Waals surface area contributed by atoms with Gasteiger partial charge < -0.3 is 0 Å². The summed E-state index contributed by atoms with van der Waals surface area (Å²) in [5.74, 6) is 3.41. The van der Waals surface area contributed by atoms with Crippen LogP contribution in [0, 0.1) is 18.3 Å². The first-order valence-electron chi connectivity index (χ1n) is 3.90. The minimum Gasteiger partial charge on any atom is -0.123 e. The Morgan fingerprint density at radius 3 is 2.90 bits per heavy atom. The number of terminal acetylenes is 1. The molecule has 2 atom stereocenters. The molecule has 0 N–H and O–H groups in total. The van der Waals surface area contributed by atoms with Gasteiger partial charge in [0.15, 0.2) is 0 Å². The van der Waals surface area contributed by atoms with Crippen LogP contribution >= 0.6 is 11.6 Å². The second-order valence-electron chi connectivity index (χ2n) is 3.04. The zero-order valence-corrected chi connectivity index (χ0v) is 6.90. The molecule has 1 aliphatic rings. The summed E-state index contributed by atoms with van der Waals surface area (Å²) in [7, 11) is 0. The van der Waals surface area contributed by atoms with Crippen molar-refractivity contribution in [1.82, 2.24) is 0 Å². The highest BCUT2D eigenvalue weighted by Crippen LogP contribution is 2.29. The van der Waals surface area contributed by atoms with Gasteiger partial charge >= 0.3 is 0 Å². The Labute approximate surface area is 68.0 Å². The topological polar surface area (TPSA) is 0 Å². The standard InChI is InChI=1S/C9H13Cl/c1-2-4-8-5-3-6-9(10)7-8/h1,8-9H,3-7H2. The largest absolute Gasteiger partial charge is 0.123 e. The van der Waals surface area contributed by atoms with Crippen LogP contribution in [0.1, 0.15) is 32.1 Å². The fourth-order valence-corrected chi connectivity index (χ4v) is 1.98. The molecule has 0 aromatic carbocycles. The van der Waals surface area contributed by atoms with Crippen LogP contribution in [-0.2, 0) is 0 Å². The van der Waals surface area contributed by atoms with Crippen LogP contribution in [0.15, 0.2) is 0 Å². The van der Waals surface area contributed by atoms with Crippen molar-refractivity contribution in [1.29, 1.82) is 0 Å². The van der Waals surface area contributed by atoms with E-state index in [2.05, 4.69) is 5.92 Å². The van der Waals surface area contributed by atoms with Crippen LogP contribution in [-0.4, -0.2) is 5.38 Å². The lowest BCUT2D eigenvalue weighted by Gasteiger charge is -2.23. The summed E-state index contributed by atoms with van der Waals surface area (Å²) in [6.07, 6.45) is 11.0. The zero-order chi connectivity index (χ0) is 7.40. The summed E-state index contributed by atoms with van der Waals surface area (Å²) >= 11 is 5.98. The van der Waals surface area contributed by atoms with E-state index in [0.29, 0.717) is 11.3 Å².